The third-order valence-corrected chi connectivity index (χ3v) is 6.77. The van der Waals surface area contributed by atoms with Gasteiger partial charge in [0.2, 0.25) is 11.8 Å². The van der Waals surface area contributed by atoms with Gasteiger partial charge in [-0.3, -0.25) is 14.4 Å². The molecule has 0 aromatic heterocycles. The summed E-state index contributed by atoms with van der Waals surface area (Å²) in [7, 11) is 2.70. The van der Waals surface area contributed by atoms with E-state index in [1.165, 1.54) is 14.2 Å². The van der Waals surface area contributed by atoms with Crippen LogP contribution in [0.15, 0.2) is 53.1 Å². The van der Waals surface area contributed by atoms with Gasteiger partial charge in [-0.25, -0.2) is 0 Å². The van der Waals surface area contributed by atoms with Gasteiger partial charge in [-0.15, -0.1) is 0 Å². The first-order valence-corrected chi connectivity index (χ1v) is 11.5. The SMILES string of the molecule is COC(=O)[C@H]1C(=O)NC(SCC(=O)Nc2cccc(Cl)c2C)=C(C#N)[C@@H]1c1ccc(OC)cc1. The Hall–Kier alpha value is -3.48. The third kappa shape index (κ3) is 5.35. The van der Waals surface area contributed by atoms with E-state index in [0.717, 1.165) is 17.3 Å². The number of hydrogen-bond acceptors (Lipinski definition) is 7. The maximum atomic E-state index is 12.9. The molecule has 0 radical (unpaired) electrons. The number of amides is 2. The summed E-state index contributed by atoms with van der Waals surface area (Å²) >= 11 is 7.10. The van der Waals surface area contributed by atoms with Gasteiger partial charge in [-0.1, -0.05) is 41.6 Å². The number of thioether (sulfide) groups is 1. The van der Waals surface area contributed by atoms with Crippen molar-refractivity contribution in [2.45, 2.75) is 12.8 Å². The molecule has 1 aliphatic heterocycles. The fourth-order valence-electron chi connectivity index (χ4n) is 3.56. The van der Waals surface area contributed by atoms with Crippen molar-refractivity contribution in [3.05, 3.63) is 69.2 Å². The molecule has 2 aromatic carbocycles. The van der Waals surface area contributed by atoms with Crippen LogP contribution >= 0.6 is 23.4 Å². The average Bonchev–Trinajstić information content (AvgIpc) is 2.84. The highest BCUT2D eigenvalue weighted by molar-refractivity contribution is 8.03. The quantitative estimate of drug-likeness (QED) is 0.440. The van der Waals surface area contributed by atoms with E-state index >= 15 is 0 Å². The largest absolute Gasteiger partial charge is 0.497 e. The first kappa shape index (κ1) is 25.1. The number of nitrogens with one attached hydrogen (secondary N) is 2. The number of rotatable bonds is 7. The van der Waals surface area contributed by atoms with Crippen molar-refractivity contribution in [1.29, 1.82) is 5.26 Å². The zero-order valence-electron chi connectivity index (χ0n) is 18.7. The molecule has 2 atom stereocenters. The van der Waals surface area contributed by atoms with Crippen LogP contribution in [0, 0.1) is 24.2 Å². The van der Waals surface area contributed by atoms with Crippen molar-refractivity contribution in [2.24, 2.45) is 5.92 Å². The van der Waals surface area contributed by atoms with E-state index in [9.17, 15) is 19.6 Å². The van der Waals surface area contributed by atoms with Crippen LogP contribution in [0.25, 0.3) is 0 Å². The maximum absolute atomic E-state index is 12.9. The van der Waals surface area contributed by atoms with Crippen LogP contribution in [-0.2, 0) is 19.1 Å². The topological polar surface area (TPSA) is 118 Å². The summed E-state index contributed by atoms with van der Waals surface area (Å²) < 4.78 is 10.0. The number of nitriles is 1. The molecular weight excluding hydrogens is 478 g/mol. The van der Waals surface area contributed by atoms with E-state index in [1.54, 1.807) is 49.4 Å². The van der Waals surface area contributed by atoms with E-state index in [0.29, 0.717) is 22.0 Å². The van der Waals surface area contributed by atoms with Crippen LogP contribution in [0.3, 0.4) is 0 Å². The Morgan fingerprint density at radius 1 is 1.21 bits per heavy atom. The summed E-state index contributed by atoms with van der Waals surface area (Å²) in [6.45, 7) is 1.79. The molecule has 2 aromatic rings. The predicted octanol–water partition coefficient (Wildman–Crippen LogP) is 3.77. The predicted molar refractivity (Wildman–Crippen MR) is 129 cm³/mol. The molecule has 0 aliphatic carbocycles. The van der Waals surface area contributed by atoms with E-state index in [4.69, 9.17) is 21.1 Å². The second kappa shape index (κ2) is 11.1. The van der Waals surface area contributed by atoms with Gasteiger partial charge in [0.1, 0.15) is 11.7 Å². The standard InChI is InChI=1S/C24H22ClN3O5S/c1-13-17(25)5-4-6-18(13)27-19(29)12-34-23-16(11-26)20(14-7-9-15(32-2)10-8-14)21(22(30)28-23)24(31)33-3/h4-10,20-21H,12H2,1-3H3,(H,27,29)(H,28,30)/t20-,21+/m0/s1. The number of allylic oxidation sites excluding steroid dienone is 1. The second-order valence-corrected chi connectivity index (χ2v) is 8.74. The Labute approximate surface area is 206 Å². The number of esters is 1. The molecule has 2 amide bonds. The number of carbonyl (C=O) groups excluding carboxylic acids is 3. The molecule has 0 fully saturated rings. The number of ether oxygens (including phenoxy) is 2. The van der Waals surface area contributed by atoms with Crippen LogP contribution in [0.1, 0.15) is 17.0 Å². The molecular formula is C24H22ClN3O5S. The minimum atomic E-state index is -1.25. The lowest BCUT2D eigenvalue weighted by Crippen LogP contribution is -2.44. The van der Waals surface area contributed by atoms with Gasteiger partial charge in [0, 0.05) is 16.6 Å². The van der Waals surface area contributed by atoms with Crippen LogP contribution in [0.2, 0.25) is 5.02 Å². The molecule has 0 spiro atoms. The molecule has 0 bridgehead atoms. The Kier molecular flexibility index (Phi) is 8.21. The Morgan fingerprint density at radius 3 is 2.53 bits per heavy atom. The Balaban J connectivity index is 1.90. The van der Waals surface area contributed by atoms with Gasteiger partial charge >= 0.3 is 5.97 Å². The first-order valence-electron chi connectivity index (χ1n) is 10.1. The molecule has 0 unspecified atom stereocenters. The number of anilines is 1. The highest BCUT2D eigenvalue weighted by Crippen LogP contribution is 2.40. The molecule has 3 rings (SSSR count). The summed E-state index contributed by atoms with van der Waals surface area (Å²) in [5, 5.41) is 16.1. The van der Waals surface area contributed by atoms with Crippen molar-refractivity contribution < 1.29 is 23.9 Å². The maximum Gasteiger partial charge on any atom is 0.319 e. The van der Waals surface area contributed by atoms with Gasteiger partial charge < -0.3 is 20.1 Å². The molecule has 1 aliphatic rings. The number of halogens is 1. The molecule has 176 valence electrons. The van der Waals surface area contributed by atoms with Gasteiger partial charge in [-0.05, 0) is 42.3 Å². The van der Waals surface area contributed by atoms with Crippen molar-refractivity contribution in [2.75, 3.05) is 25.3 Å². The Bertz CT molecular complexity index is 1190. The van der Waals surface area contributed by atoms with Gasteiger partial charge in [-0.2, -0.15) is 5.26 Å². The highest BCUT2D eigenvalue weighted by Gasteiger charge is 2.44. The summed E-state index contributed by atoms with van der Waals surface area (Å²) in [5.41, 5.74) is 2.03. The van der Waals surface area contributed by atoms with Gasteiger partial charge in [0.25, 0.3) is 0 Å². The van der Waals surface area contributed by atoms with Crippen LogP contribution in [-0.4, -0.2) is 37.8 Å². The normalized spacial score (nSPS) is 17.4. The lowest BCUT2D eigenvalue weighted by atomic mass is 9.78. The van der Waals surface area contributed by atoms with E-state index in [2.05, 4.69) is 16.7 Å². The molecule has 1 heterocycles. The van der Waals surface area contributed by atoms with E-state index < -0.39 is 23.7 Å². The Morgan fingerprint density at radius 2 is 1.91 bits per heavy atom. The molecule has 0 saturated carbocycles. The molecule has 10 heteroatoms. The van der Waals surface area contributed by atoms with E-state index in [1.807, 2.05) is 0 Å². The summed E-state index contributed by atoms with van der Waals surface area (Å²) in [4.78, 5) is 37.9. The van der Waals surface area contributed by atoms with Crippen LogP contribution in [0.4, 0.5) is 5.69 Å². The summed E-state index contributed by atoms with van der Waals surface area (Å²) in [5.74, 6) is -3.33. The molecule has 2 N–H and O–H groups in total. The van der Waals surface area contributed by atoms with E-state index in [-0.39, 0.29) is 22.3 Å². The third-order valence-electron chi connectivity index (χ3n) is 5.35. The number of carbonyl (C=O) groups is 3. The number of methoxy groups -OCH3 is 2. The van der Waals surface area contributed by atoms with Crippen molar-refractivity contribution in [3.8, 4) is 11.8 Å². The number of nitrogens with zero attached hydrogens (tertiary/aromatic N) is 1. The highest BCUT2D eigenvalue weighted by atomic mass is 35.5. The number of hydrogen-bond donors (Lipinski definition) is 2. The van der Waals surface area contributed by atoms with Crippen molar-refractivity contribution >= 4 is 46.8 Å². The zero-order valence-corrected chi connectivity index (χ0v) is 20.3. The lowest BCUT2D eigenvalue weighted by molar-refractivity contribution is -0.150. The van der Waals surface area contributed by atoms with Crippen molar-refractivity contribution in [3.63, 3.8) is 0 Å². The first-order chi connectivity index (χ1) is 16.3. The molecule has 34 heavy (non-hydrogen) atoms. The van der Waals surface area contributed by atoms with Crippen LogP contribution < -0.4 is 15.4 Å². The minimum Gasteiger partial charge on any atom is -0.497 e. The molecule has 8 nitrogen and oxygen atoms in total. The molecule has 0 saturated heterocycles. The fraction of sp³-hybridized carbons (Fsp3) is 0.250. The average molecular weight is 500 g/mol. The van der Waals surface area contributed by atoms with Gasteiger partial charge in [0.15, 0.2) is 0 Å². The summed E-state index contributed by atoms with van der Waals surface area (Å²) in [6.07, 6.45) is 0. The van der Waals surface area contributed by atoms with Crippen LogP contribution in [0.5, 0.6) is 5.75 Å². The number of benzene rings is 2. The lowest BCUT2D eigenvalue weighted by Gasteiger charge is -2.31. The smallest absolute Gasteiger partial charge is 0.319 e. The fourth-order valence-corrected chi connectivity index (χ4v) is 4.58. The second-order valence-electron chi connectivity index (χ2n) is 7.34. The summed E-state index contributed by atoms with van der Waals surface area (Å²) in [6, 6.07) is 14.0. The van der Waals surface area contributed by atoms with Gasteiger partial charge in [0.05, 0.1) is 36.6 Å². The minimum absolute atomic E-state index is 0.0784. The van der Waals surface area contributed by atoms with Crippen molar-refractivity contribution in [1.82, 2.24) is 5.32 Å². The monoisotopic (exact) mass is 499 g/mol. The zero-order chi connectivity index (χ0) is 24.8.